The van der Waals surface area contributed by atoms with Gasteiger partial charge in [0.05, 0.1) is 11.3 Å². The van der Waals surface area contributed by atoms with Crippen LogP contribution in [0.15, 0.2) is 33.7 Å². The molecule has 0 fully saturated rings. The molecule has 7 nitrogen and oxygen atoms in total. The van der Waals surface area contributed by atoms with E-state index in [0.717, 1.165) is 6.42 Å². The summed E-state index contributed by atoms with van der Waals surface area (Å²) in [6, 6.07) is 6.43. The lowest BCUT2D eigenvalue weighted by Gasteiger charge is -2.12. The van der Waals surface area contributed by atoms with Crippen LogP contribution < -0.4 is 10.0 Å². The van der Waals surface area contributed by atoms with Gasteiger partial charge in [0.1, 0.15) is 5.69 Å². The Morgan fingerprint density at radius 1 is 1.26 bits per heavy atom. The first-order chi connectivity index (χ1) is 10.9. The zero-order valence-electron chi connectivity index (χ0n) is 13.2. The normalized spacial score (nSPS) is 11.3. The maximum absolute atomic E-state index is 12.6. The van der Waals surface area contributed by atoms with Crippen molar-refractivity contribution in [2.24, 2.45) is 0 Å². The summed E-state index contributed by atoms with van der Waals surface area (Å²) >= 11 is 0. The third kappa shape index (κ3) is 3.70. The number of amides is 1. The van der Waals surface area contributed by atoms with Gasteiger partial charge in [-0.15, -0.1) is 0 Å². The molecule has 0 saturated carbocycles. The van der Waals surface area contributed by atoms with E-state index in [1.54, 1.807) is 25.1 Å². The molecule has 0 aliphatic carbocycles. The van der Waals surface area contributed by atoms with Crippen molar-refractivity contribution in [3.05, 3.63) is 41.3 Å². The van der Waals surface area contributed by atoms with E-state index in [-0.39, 0.29) is 33.5 Å². The molecule has 1 aromatic heterocycles. The number of carbonyl (C=O) groups excluding carboxylic acids is 1. The molecular weight excluding hydrogens is 318 g/mol. The molecule has 0 saturated heterocycles. The minimum Gasteiger partial charge on any atom is -0.360 e. The number of aromatic nitrogens is 1. The van der Waals surface area contributed by atoms with Gasteiger partial charge in [-0.1, -0.05) is 24.2 Å². The Morgan fingerprint density at radius 3 is 2.57 bits per heavy atom. The summed E-state index contributed by atoms with van der Waals surface area (Å²) in [4.78, 5) is 12.1. The molecule has 1 heterocycles. The largest absolute Gasteiger partial charge is 0.360 e. The van der Waals surface area contributed by atoms with Gasteiger partial charge < -0.3 is 9.84 Å². The van der Waals surface area contributed by atoms with Crippen molar-refractivity contribution in [3.63, 3.8) is 0 Å². The van der Waals surface area contributed by atoms with Crippen LogP contribution in [0.1, 0.15) is 35.2 Å². The number of carbonyl (C=O) groups is 1. The molecule has 8 heteroatoms. The van der Waals surface area contributed by atoms with Gasteiger partial charge >= 0.3 is 0 Å². The Labute approximate surface area is 135 Å². The van der Waals surface area contributed by atoms with E-state index in [9.17, 15) is 13.2 Å². The predicted molar refractivity (Wildman–Crippen MR) is 85.9 cm³/mol. The van der Waals surface area contributed by atoms with Crippen molar-refractivity contribution >= 4 is 21.6 Å². The van der Waals surface area contributed by atoms with Crippen LogP contribution in [0, 0.1) is 13.8 Å². The van der Waals surface area contributed by atoms with Crippen LogP contribution in [0.5, 0.6) is 0 Å². The molecular formula is C15H19N3O4S. The van der Waals surface area contributed by atoms with Crippen LogP contribution in [0.2, 0.25) is 0 Å². The molecule has 2 N–H and O–H groups in total. The maximum atomic E-state index is 12.6. The number of sulfonamides is 1. The van der Waals surface area contributed by atoms with E-state index in [1.165, 1.54) is 13.0 Å². The lowest BCUT2D eigenvalue weighted by Crippen LogP contribution is -2.26. The molecule has 0 unspecified atom stereocenters. The lowest BCUT2D eigenvalue weighted by molar-refractivity contribution is 0.0954. The number of aryl methyl sites for hydroxylation is 2. The fourth-order valence-corrected chi connectivity index (χ4v) is 3.57. The third-order valence-corrected chi connectivity index (χ3v) is 4.80. The highest BCUT2D eigenvalue weighted by Crippen LogP contribution is 2.24. The summed E-state index contributed by atoms with van der Waals surface area (Å²) in [6.07, 6.45) is 0.790. The summed E-state index contributed by atoms with van der Waals surface area (Å²) in [7, 11) is -3.89. The van der Waals surface area contributed by atoms with Crippen LogP contribution in [-0.2, 0) is 10.0 Å². The van der Waals surface area contributed by atoms with Crippen LogP contribution in [-0.4, -0.2) is 26.0 Å². The zero-order valence-corrected chi connectivity index (χ0v) is 14.0. The molecule has 0 aliphatic rings. The Morgan fingerprint density at radius 2 is 1.96 bits per heavy atom. The molecule has 1 aromatic carbocycles. The van der Waals surface area contributed by atoms with Crippen molar-refractivity contribution in [1.82, 2.24) is 10.5 Å². The monoisotopic (exact) mass is 337 g/mol. The van der Waals surface area contributed by atoms with Crippen molar-refractivity contribution in [1.29, 1.82) is 0 Å². The van der Waals surface area contributed by atoms with Gasteiger partial charge in [-0.25, -0.2) is 8.42 Å². The number of hydrogen-bond acceptors (Lipinski definition) is 5. The number of para-hydroxylation sites is 1. The second-order valence-electron chi connectivity index (χ2n) is 5.06. The summed E-state index contributed by atoms with van der Waals surface area (Å²) in [5.41, 5.74) is 0.736. The minimum absolute atomic E-state index is 0.0127. The average molecular weight is 337 g/mol. The van der Waals surface area contributed by atoms with Crippen molar-refractivity contribution < 1.29 is 17.7 Å². The number of anilines is 1. The molecule has 0 spiro atoms. The molecule has 2 rings (SSSR count). The molecule has 1 amide bonds. The highest BCUT2D eigenvalue weighted by molar-refractivity contribution is 7.92. The molecule has 23 heavy (non-hydrogen) atoms. The lowest BCUT2D eigenvalue weighted by atomic mass is 10.1. The Kier molecular flexibility index (Phi) is 5.05. The van der Waals surface area contributed by atoms with Crippen LogP contribution in [0.25, 0.3) is 0 Å². The van der Waals surface area contributed by atoms with Gasteiger partial charge in [0.25, 0.3) is 15.9 Å². The summed E-state index contributed by atoms with van der Waals surface area (Å²) < 4.78 is 32.4. The first kappa shape index (κ1) is 17.0. The summed E-state index contributed by atoms with van der Waals surface area (Å²) in [5.74, 6) is -0.133. The Bertz CT molecular complexity index is 792. The molecule has 0 bridgehead atoms. The van der Waals surface area contributed by atoms with E-state index in [2.05, 4.69) is 15.2 Å². The van der Waals surface area contributed by atoms with E-state index >= 15 is 0 Å². The highest BCUT2D eigenvalue weighted by atomic mass is 32.2. The van der Waals surface area contributed by atoms with Gasteiger partial charge in [-0.05, 0) is 32.4 Å². The molecule has 0 radical (unpaired) electrons. The SMILES string of the molecule is CCCNC(=O)c1ccccc1NS(=O)(=O)c1c(C)noc1C. The highest BCUT2D eigenvalue weighted by Gasteiger charge is 2.25. The fourth-order valence-electron chi connectivity index (χ4n) is 2.16. The van der Waals surface area contributed by atoms with Gasteiger partial charge in [0.2, 0.25) is 0 Å². The van der Waals surface area contributed by atoms with E-state index < -0.39 is 10.0 Å². The third-order valence-electron chi connectivity index (χ3n) is 3.19. The van der Waals surface area contributed by atoms with Crippen LogP contribution in [0.4, 0.5) is 5.69 Å². The molecule has 124 valence electrons. The number of benzene rings is 1. The minimum atomic E-state index is -3.89. The van der Waals surface area contributed by atoms with Crippen LogP contribution >= 0.6 is 0 Å². The standard InChI is InChI=1S/C15H19N3O4S/c1-4-9-16-15(19)12-7-5-6-8-13(12)18-23(20,21)14-10(2)17-22-11(14)3/h5-8,18H,4,9H2,1-3H3,(H,16,19). The van der Waals surface area contributed by atoms with Gasteiger partial charge in [-0.3, -0.25) is 9.52 Å². The maximum Gasteiger partial charge on any atom is 0.267 e. The Balaban J connectivity index is 2.35. The molecule has 0 atom stereocenters. The number of nitrogens with one attached hydrogen (secondary N) is 2. The quantitative estimate of drug-likeness (QED) is 0.842. The first-order valence-corrected chi connectivity index (χ1v) is 8.68. The van der Waals surface area contributed by atoms with E-state index in [4.69, 9.17) is 4.52 Å². The molecule has 0 aliphatic heterocycles. The van der Waals surface area contributed by atoms with Gasteiger partial charge in [-0.2, -0.15) is 0 Å². The van der Waals surface area contributed by atoms with E-state index in [1.807, 2.05) is 6.92 Å². The van der Waals surface area contributed by atoms with Crippen molar-refractivity contribution in [2.45, 2.75) is 32.1 Å². The molecule has 2 aromatic rings. The van der Waals surface area contributed by atoms with Gasteiger partial charge in [0, 0.05) is 6.54 Å². The second-order valence-corrected chi connectivity index (χ2v) is 6.68. The first-order valence-electron chi connectivity index (χ1n) is 7.19. The van der Waals surface area contributed by atoms with Crippen molar-refractivity contribution in [3.8, 4) is 0 Å². The van der Waals surface area contributed by atoms with Crippen LogP contribution in [0.3, 0.4) is 0 Å². The number of nitrogens with zero attached hydrogens (tertiary/aromatic N) is 1. The van der Waals surface area contributed by atoms with E-state index in [0.29, 0.717) is 6.54 Å². The number of rotatable bonds is 6. The average Bonchev–Trinajstić information content (AvgIpc) is 2.84. The summed E-state index contributed by atoms with van der Waals surface area (Å²) in [5, 5.41) is 6.38. The topological polar surface area (TPSA) is 101 Å². The van der Waals surface area contributed by atoms with Gasteiger partial charge in [0.15, 0.2) is 10.7 Å². The predicted octanol–water partition coefficient (Wildman–Crippen LogP) is 2.23. The summed E-state index contributed by atoms with van der Waals surface area (Å²) in [6.45, 7) is 5.52. The fraction of sp³-hybridized carbons (Fsp3) is 0.333. The second kappa shape index (κ2) is 6.82. The number of hydrogen-bond donors (Lipinski definition) is 2. The smallest absolute Gasteiger partial charge is 0.267 e. The zero-order chi connectivity index (χ0) is 17.0. The van der Waals surface area contributed by atoms with Crippen molar-refractivity contribution in [2.75, 3.05) is 11.3 Å². The Hall–Kier alpha value is -2.35.